The van der Waals surface area contributed by atoms with Gasteiger partial charge in [-0.05, 0) is 29.8 Å². The van der Waals surface area contributed by atoms with Crippen LogP contribution in [-0.4, -0.2) is 5.78 Å². The van der Waals surface area contributed by atoms with Gasteiger partial charge in [0.2, 0.25) is 0 Å². The van der Waals surface area contributed by atoms with Crippen LogP contribution < -0.4 is 4.74 Å². The second-order valence-electron chi connectivity index (χ2n) is 5.03. The summed E-state index contributed by atoms with van der Waals surface area (Å²) >= 11 is 0. The zero-order valence-electron chi connectivity index (χ0n) is 12.1. The van der Waals surface area contributed by atoms with Crippen LogP contribution in [0.4, 0.5) is 0 Å². The molecule has 0 aliphatic heterocycles. The summed E-state index contributed by atoms with van der Waals surface area (Å²) in [5, 5.41) is 0. The van der Waals surface area contributed by atoms with Crippen LogP contribution in [0, 0.1) is 0 Å². The highest BCUT2D eigenvalue weighted by atomic mass is 16.5. The minimum atomic E-state index is 0.109. The predicted octanol–water partition coefficient (Wildman–Crippen LogP) is 4.90. The average molecular weight is 288 g/mol. The van der Waals surface area contributed by atoms with Crippen molar-refractivity contribution >= 4 is 5.78 Å². The number of hydrogen-bond donors (Lipinski definition) is 0. The predicted molar refractivity (Wildman–Crippen MR) is 87.4 cm³/mol. The molecular formula is C20H16O2. The molecule has 0 aromatic heterocycles. The minimum Gasteiger partial charge on any atom is -0.457 e. The number of benzene rings is 3. The van der Waals surface area contributed by atoms with Gasteiger partial charge in [-0.2, -0.15) is 0 Å². The van der Waals surface area contributed by atoms with Crippen molar-refractivity contribution in [2.45, 2.75) is 6.42 Å². The highest BCUT2D eigenvalue weighted by Crippen LogP contribution is 2.22. The van der Waals surface area contributed by atoms with E-state index in [1.165, 1.54) is 0 Å². The van der Waals surface area contributed by atoms with Crippen LogP contribution in [0.15, 0.2) is 84.9 Å². The Balaban J connectivity index is 1.73. The fourth-order valence-electron chi connectivity index (χ4n) is 2.26. The second-order valence-corrected chi connectivity index (χ2v) is 5.03. The molecule has 0 spiro atoms. The Labute approximate surface area is 130 Å². The van der Waals surface area contributed by atoms with Gasteiger partial charge in [-0.3, -0.25) is 4.79 Å². The topological polar surface area (TPSA) is 26.3 Å². The molecule has 0 saturated heterocycles. The minimum absolute atomic E-state index is 0.109. The molecule has 0 fully saturated rings. The van der Waals surface area contributed by atoms with Crippen molar-refractivity contribution < 1.29 is 9.53 Å². The summed E-state index contributed by atoms with van der Waals surface area (Å²) in [5.74, 6) is 1.64. The van der Waals surface area contributed by atoms with E-state index < -0.39 is 0 Å². The highest BCUT2D eigenvalue weighted by molar-refractivity contribution is 5.97. The maximum atomic E-state index is 12.2. The van der Waals surface area contributed by atoms with Gasteiger partial charge in [-0.25, -0.2) is 0 Å². The molecule has 0 amide bonds. The molecule has 0 unspecified atom stereocenters. The van der Waals surface area contributed by atoms with Crippen LogP contribution in [0.5, 0.6) is 11.5 Å². The van der Waals surface area contributed by atoms with Gasteiger partial charge in [-0.1, -0.05) is 60.7 Å². The summed E-state index contributed by atoms with van der Waals surface area (Å²) in [7, 11) is 0. The van der Waals surface area contributed by atoms with Gasteiger partial charge in [-0.15, -0.1) is 0 Å². The molecule has 2 heteroatoms. The fraction of sp³-hybridized carbons (Fsp3) is 0.0500. The van der Waals surface area contributed by atoms with Gasteiger partial charge >= 0.3 is 0 Å². The van der Waals surface area contributed by atoms with Crippen molar-refractivity contribution in [2.24, 2.45) is 0 Å². The third kappa shape index (κ3) is 3.61. The van der Waals surface area contributed by atoms with E-state index in [-0.39, 0.29) is 5.78 Å². The number of ether oxygens (including phenoxy) is 1. The van der Waals surface area contributed by atoms with E-state index in [9.17, 15) is 4.79 Å². The smallest absolute Gasteiger partial charge is 0.167 e. The van der Waals surface area contributed by atoms with E-state index in [4.69, 9.17) is 4.74 Å². The number of rotatable bonds is 5. The largest absolute Gasteiger partial charge is 0.457 e. The SMILES string of the molecule is O=C(Cc1cccc(Oc2ccccc2)c1)c1ccccc1. The van der Waals surface area contributed by atoms with Crippen molar-refractivity contribution in [1.82, 2.24) is 0 Å². The number of carbonyl (C=O) groups excluding carboxylic acids is 1. The van der Waals surface area contributed by atoms with Crippen molar-refractivity contribution in [3.63, 3.8) is 0 Å². The van der Waals surface area contributed by atoms with Crippen LogP contribution in [0.2, 0.25) is 0 Å². The first kappa shape index (κ1) is 14.1. The molecule has 2 nitrogen and oxygen atoms in total. The van der Waals surface area contributed by atoms with Gasteiger partial charge in [0.25, 0.3) is 0 Å². The van der Waals surface area contributed by atoms with Crippen LogP contribution >= 0.6 is 0 Å². The molecule has 0 saturated carbocycles. The molecule has 0 aliphatic rings. The zero-order valence-corrected chi connectivity index (χ0v) is 12.1. The van der Waals surface area contributed by atoms with Crippen molar-refractivity contribution in [3.8, 4) is 11.5 Å². The first-order valence-corrected chi connectivity index (χ1v) is 7.21. The lowest BCUT2D eigenvalue weighted by atomic mass is 10.0. The lowest BCUT2D eigenvalue weighted by Gasteiger charge is -2.07. The number of carbonyl (C=O) groups is 1. The van der Waals surface area contributed by atoms with Crippen LogP contribution in [-0.2, 0) is 6.42 Å². The zero-order chi connectivity index (χ0) is 15.2. The van der Waals surface area contributed by atoms with Crippen LogP contribution in [0.25, 0.3) is 0 Å². The Morgan fingerprint density at radius 3 is 2.09 bits per heavy atom. The Hall–Kier alpha value is -2.87. The molecule has 0 atom stereocenters. The van der Waals surface area contributed by atoms with Crippen molar-refractivity contribution in [2.75, 3.05) is 0 Å². The Bertz CT molecular complexity index is 749. The van der Waals surface area contributed by atoms with Gasteiger partial charge in [0.15, 0.2) is 5.78 Å². The normalized spacial score (nSPS) is 10.2. The first-order valence-electron chi connectivity index (χ1n) is 7.21. The molecule has 0 heterocycles. The Kier molecular flexibility index (Phi) is 4.30. The Morgan fingerprint density at radius 2 is 1.36 bits per heavy atom. The summed E-state index contributed by atoms with van der Waals surface area (Å²) in [4.78, 5) is 12.2. The van der Waals surface area contributed by atoms with Gasteiger partial charge < -0.3 is 4.74 Å². The quantitative estimate of drug-likeness (QED) is 0.624. The number of ketones is 1. The third-order valence-electron chi connectivity index (χ3n) is 3.34. The van der Waals surface area contributed by atoms with Crippen LogP contribution in [0.1, 0.15) is 15.9 Å². The molecule has 0 bridgehead atoms. The number of para-hydroxylation sites is 1. The molecule has 0 radical (unpaired) electrons. The van der Waals surface area contributed by atoms with E-state index in [1.807, 2.05) is 84.9 Å². The summed E-state index contributed by atoms with van der Waals surface area (Å²) in [6, 6.07) is 26.6. The standard InChI is InChI=1S/C20H16O2/c21-20(17-9-3-1-4-10-17)15-16-8-7-13-19(14-16)22-18-11-5-2-6-12-18/h1-14H,15H2. The van der Waals surface area contributed by atoms with Crippen molar-refractivity contribution in [1.29, 1.82) is 0 Å². The molecular weight excluding hydrogens is 272 g/mol. The van der Waals surface area contributed by atoms with Crippen LogP contribution in [0.3, 0.4) is 0 Å². The lowest BCUT2D eigenvalue weighted by Crippen LogP contribution is -2.03. The van der Waals surface area contributed by atoms with Gasteiger partial charge in [0.05, 0.1) is 0 Å². The van der Waals surface area contributed by atoms with E-state index in [0.29, 0.717) is 6.42 Å². The molecule has 22 heavy (non-hydrogen) atoms. The molecule has 0 aliphatic carbocycles. The fourth-order valence-corrected chi connectivity index (χ4v) is 2.26. The maximum Gasteiger partial charge on any atom is 0.167 e. The number of hydrogen-bond acceptors (Lipinski definition) is 2. The van der Waals surface area contributed by atoms with E-state index in [2.05, 4.69) is 0 Å². The average Bonchev–Trinajstić information content (AvgIpc) is 2.57. The first-order chi connectivity index (χ1) is 10.8. The number of Topliss-reactive ketones (excluding diaryl/α,β-unsaturated/α-hetero) is 1. The monoisotopic (exact) mass is 288 g/mol. The molecule has 3 aromatic carbocycles. The maximum absolute atomic E-state index is 12.2. The van der Waals surface area contributed by atoms with E-state index in [1.54, 1.807) is 0 Å². The molecule has 0 N–H and O–H groups in total. The van der Waals surface area contributed by atoms with E-state index >= 15 is 0 Å². The summed E-state index contributed by atoms with van der Waals surface area (Å²) in [6.45, 7) is 0. The molecule has 3 rings (SSSR count). The van der Waals surface area contributed by atoms with Gasteiger partial charge in [0, 0.05) is 12.0 Å². The Morgan fingerprint density at radius 1 is 0.727 bits per heavy atom. The lowest BCUT2D eigenvalue weighted by molar-refractivity contribution is 0.0993. The highest BCUT2D eigenvalue weighted by Gasteiger charge is 2.07. The van der Waals surface area contributed by atoms with E-state index in [0.717, 1.165) is 22.6 Å². The van der Waals surface area contributed by atoms with Crippen molar-refractivity contribution in [3.05, 3.63) is 96.1 Å². The van der Waals surface area contributed by atoms with Gasteiger partial charge in [0.1, 0.15) is 11.5 Å². The summed E-state index contributed by atoms with van der Waals surface area (Å²) in [6.07, 6.45) is 0.371. The summed E-state index contributed by atoms with van der Waals surface area (Å²) in [5.41, 5.74) is 1.68. The molecule has 3 aromatic rings. The molecule has 108 valence electrons. The third-order valence-corrected chi connectivity index (χ3v) is 3.34. The second kappa shape index (κ2) is 6.72. The summed E-state index contributed by atoms with van der Waals surface area (Å²) < 4.78 is 5.79.